The van der Waals surface area contributed by atoms with E-state index in [1.807, 2.05) is 71.6 Å². The highest BCUT2D eigenvalue weighted by Gasteiger charge is 2.32. The Labute approximate surface area is 237 Å². The highest BCUT2D eigenvalue weighted by atomic mass is 32.2. The maximum atomic E-state index is 13.9. The quantitative estimate of drug-likeness (QED) is 0.290. The fraction of sp³-hybridized carbons (Fsp3) is 0.394. The van der Waals surface area contributed by atoms with Crippen LogP contribution in [0, 0.1) is 6.92 Å². The molecule has 39 heavy (non-hydrogen) atoms. The van der Waals surface area contributed by atoms with Crippen LogP contribution in [0.3, 0.4) is 0 Å². The predicted octanol–water partition coefficient (Wildman–Crippen LogP) is 6.33. The summed E-state index contributed by atoms with van der Waals surface area (Å²) in [5.41, 5.74) is 4.37. The highest BCUT2D eigenvalue weighted by Crippen LogP contribution is 2.22. The van der Waals surface area contributed by atoms with Gasteiger partial charge in [0.05, 0.1) is 12.9 Å². The summed E-state index contributed by atoms with van der Waals surface area (Å²) >= 11 is 1.58. The number of rotatable bonds is 12. The van der Waals surface area contributed by atoms with E-state index >= 15 is 0 Å². The van der Waals surface area contributed by atoms with Crippen LogP contribution in [-0.2, 0) is 28.3 Å². The molecule has 1 saturated carbocycles. The molecule has 1 aliphatic carbocycles. The van der Waals surface area contributed by atoms with Crippen molar-refractivity contribution in [2.45, 2.75) is 69.8 Å². The number of amides is 2. The molecule has 1 aliphatic rings. The smallest absolute Gasteiger partial charge is 0.243 e. The Morgan fingerprint density at radius 3 is 2.31 bits per heavy atom. The van der Waals surface area contributed by atoms with Crippen LogP contribution in [0.2, 0.25) is 0 Å². The number of thioether (sulfide) groups is 1. The highest BCUT2D eigenvalue weighted by molar-refractivity contribution is 7.99. The molecule has 0 aliphatic heterocycles. The normalized spacial score (nSPS) is 14.4. The molecule has 3 aromatic carbocycles. The first-order valence-electron chi connectivity index (χ1n) is 13.9. The lowest BCUT2D eigenvalue weighted by atomic mass is 9.94. The Morgan fingerprint density at radius 1 is 0.923 bits per heavy atom. The molecule has 1 fully saturated rings. The summed E-state index contributed by atoms with van der Waals surface area (Å²) in [4.78, 5) is 29.6. The average Bonchev–Trinajstić information content (AvgIpc) is 2.97. The van der Waals surface area contributed by atoms with Crippen LogP contribution in [-0.4, -0.2) is 41.7 Å². The molecule has 0 spiro atoms. The third-order valence-corrected chi connectivity index (χ3v) is 8.47. The zero-order valence-corrected chi connectivity index (χ0v) is 23.9. The second-order valence-corrected chi connectivity index (χ2v) is 11.3. The van der Waals surface area contributed by atoms with Gasteiger partial charge in [-0.15, -0.1) is 11.8 Å². The number of ether oxygens (including phenoxy) is 1. The van der Waals surface area contributed by atoms with Crippen LogP contribution >= 0.6 is 11.8 Å². The van der Waals surface area contributed by atoms with Crippen LogP contribution in [0.4, 0.5) is 0 Å². The van der Waals surface area contributed by atoms with Crippen molar-refractivity contribution in [2.75, 3.05) is 12.9 Å². The summed E-state index contributed by atoms with van der Waals surface area (Å²) in [6, 6.07) is 25.7. The van der Waals surface area contributed by atoms with E-state index in [0.717, 1.165) is 53.7 Å². The number of benzene rings is 3. The van der Waals surface area contributed by atoms with Crippen molar-refractivity contribution in [3.63, 3.8) is 0 Å². The van der Waals surface area contributed by atoms with Crippen molar-refractivity contribution in [2.24, 2.45) is 0 Å². The summed E-state index contributed by atoms with van der Waals surface area (Å²) < 4.78 is 5.26. The number of nitrogens with zero attached hydrogens (tertiary/aromatic N) is 1. The van der Waals surface area contributed by atoms with Gasteiger partial charge in [0.2, 0.25) is 11.8 Å². The SMILES string of the molecule is COc1ccc(CSCC(=O)N(Cc2ccccc2C)C(Cc2ccccc2)C(=O)NC2CCCCC2)cc1. The maximum absolute atomic E-state index is 13.9. The van der Waals surface area contributed by atoms with Gasteiger partial charge in [-0.05, 0) is 54.2 Å². The second-order valence-electron chi connectivity index (χ2n) is 10.3. The van der Waals surface area contributed by atoms with Gasteiger partial charge in [-0.25, -0.2) is 0 Å². The van der Waals surface area contributed by atoms with Gasteiger partial charge in [0.15, 0.2) is 0 Å². The lowest BCUT2D eigenvalue weighted by molar-refractivity contribution is -0.139. The molecule has 1 unspecified atom stereocenters. The number of aryl methyl sites for hydroxylation is 1. The first-order valence-corrected chi connectivity index (χ1v) is 15.1. The fourth-order valence-electron chi connectivity index (χ4n) is 5.13. The molecule has 5 nitrogen and oxygen atoms in total. The molecule has 1 N–H and O–H groups in total. The first kappa shape index (κ1) is 28.8. The van der Waals surface area contributed by atoms with Crippen molar-refractivity contribution in [1.82, 2.24) is 10.2 Å². The van der Waals surface area contributed by atoms with Gasteiger partial charge in [-0.1, -0.05) is 86.0 Å². The number of nitrogens with one attached hydrogen (secondary N) is 1. The minimum absolute atomic E-state index is 0.0171. The van der Waals surface area contributed by atoms with E-state index in [4.69, 9.17) is 4.74 Å². The molecule has 4 rings (SSSR count). The maximum Gasteiger partial charge on any atom is 0.243 e. The van der Waals surface area contributed by atoms with Gasteiger partial charge >= 0.3 is 0 Å². The van der Waals surface area contributed by atoms with Crippen molar-refractivity contribution < 1.29 is 14.3 Å². The zero-order valence-electron chi connectivity index (χ0n) is 23.1. The van der Waals surface area contributed by atoms with Gasteiger partial charge in [0, 0.05) is 24.8 Å². The average molecular weight is 545 g/mol. The standard InChI is InChI=1S/C33H40N2O3S/c1-25-11-9-10-14-28(25)22-35(32(36)24-39-23-27-17-19-30(38-2)20-18-27)31(21-26-12-5-3-6-13-26)33(37)34-29-15-7-4-8-16-29/h3,5-6,9-14,17-20,29,31H,4,7-8,15-16,21-24H2,1-2H3,(H,34,37). The summed E-state index contributed by atoms with van der Waals surface area (Å²) in [5, 5.41) is 3.32. The fourth-order valence-corrected chi connectivity index (χ4v) is 6.00. The molecule has 0 heterocycles. The summed E-state index contributed by atoms with van der Waals surface area (Å²) in [7, 11) is 1.65. The third kappa shape index (κ3) is 8.62. The number of methoxy groups -OCH3 is 1. The van der Waals surface area contributed by atoms with Gasteiger partial charge in [-0.3, -0.25) is 9.59 Å². The monoisotopic (exact) mass is 544 g/mol. The Kier molecular flexibility index (Phi) is 10.9. The first-order chi connectivity index (χ1) is 19.0. The van der Waals surface area contributed by atoms with E-state index < -0.39 is 6.04 Å². The Bertz CT molecular complexity index is 1190. The molecule has 6 heteroatoms. The molecule has 0 aromatic heterocycles. The van der Waals surface area contributed by atoms with Crippen molar-refractivity contribution >= 4 is 23.6 Å². The molecule has 0 bridgehead atoms. The van der Waals surface area contributed by atoms with Crippen molar-refractivity contribution in [3.8, 4) is 5.75 Å². The van der Waals surface area contributed by atoms with Crippen LogP contribution < -0.4 is 10.1 Å². The molecule has 206 valence electrons. The van der Waals surface area contributed by atoms with Crippen LogP contribution in [0.15, 0.2) is 78.9 Å². The lowest BCUT2D eigenvalue weighted by Crippen LogP contribution is -2.53. The second kappa shape index (κ2) is 14.8. The zero-order chi connectivity index (χ0) is 27.5. The molecular formula is C33H40N2O3S. The lowest BCUT2D eigenvalue weighted by Gasteiger charge is -2.34. The van der Waals surface area contributed by atoms with Gasteiger partial charge < -0.3 is 15.0 Å². The number of hydrogen-bond acceptors (Lipinski definition) is 4. The summed E-state index contributed by atoms with van der Waals surface area (Å²) in [6.45, 7) is 2.47. The van der Waals surface area contributed by atoms with E-state index in [1.165, 1.54) is 6.42 Å². The largest absolute Gasteiger partial charge is 0.497 e. The van der Waals surface area contributed by atoms with Crippen LogP contribution in [0.1, 0.15) is 54.4 Å². The van der Waals surface area contributed by atoms with E-state index in [0.29, 0.717) is 24.5 Å². The molecule has 3 aromatic rings. The number of carbonyl (C=O) groups excluding carboxylic acids is 2. The van der Waals surface area contributed by atoms with Crippen LogP contribution in [0.5, 0.6) is 5.75 Å². The molecule has 1 atom stereocenters. The van der Waals surface area contributed by atoms with Crippen LogP contribution in [0.25, 0.3) is 0 Å². The van der Waals surface area contributed by atoms with E-state index in [-0.39, 0.29) is 17.9 Å². The molecular weight excluding hydrogens is 504 g/mol. The summed E-state index contributed by atoms with van der Waals surface area (Å²) in [6.07, 6.45) is 6.01. The van der Waals surface area contributed by atoms with E-state index in [9.17, 15) is 9.59 Å². The minimum atomic E-state index is -0.581. The van der Waals surface area contributed by atoms with Crippen molar-refractivity contribution in [3.05, 3.63) is 101 Å². The van der Waals surface area contributed by atoms with Gasteiger partial charge in [0.25, 0.3) is 0 Å². The van der Waals surface area contributed by atoms with Crippen molar-refractivity contribution in [1.29, 1.82) is 0 Å². The molecule has 0 radical (unpaired) electrons. The van der Waals surface area contributed by atoms with E-state index in [1.54, 1.807) is 18.9 Å². The van der Waals surface area contributed by atoms with E-state index in [2.05, 4.69) is 24.4 Å². The summed E-state index contributed by atoms with van der Waals surface area (Å²) in [5.74, 6) is 1.77. The molecule has 0 saturated heterocycles. The minimum Gasteiger partial charge on any atom is -0.497 e. The third-order valence-electron chi connectivity index (χ3n) is 7.48. The topological polar surface area (TPSA) is 58.6 Å². The number of carbonyl (C=O) groups is 2. The van der Waals surface area contributed by atoms with Gasteiger partial charge in [-0.2, -0.15) is 0 Å². The predicted molar refractivity (Wildman–Crippen MR) is 160 cm³/mol. The number of hydrogen-bond donors (Lipinski definition) is 1. The Hall–Kier alpha value is -3.25. The van der Waals surface area contributed by atoms with Gasteiger partial charge in [0.1, 0.15) is 11.8 Å². The Morgan fingerprint density at radius 2 is 1.62 bits per heavy atom. The Balaban J connectivity index is 1.55. The molecule has 2 amide bonds.